The lowest BCUT2D eigenvalue weighted by Crippen LogP contribution is -2.51. The zero-order valence-electron chi connectivity index (χ0n) is 28.6. The summed E-state index contributed by atoms with van der Waals surface area (Å²) in [5.41, 5.74) is 0.990. The monoisotopic (exact) mass is 586 g/mol. The highest BCUT2D eigenvalue weighted by molar-refractivity contribution is 5.75. The Balaban J connectivity index is 1.36. The Labute approximate surface area is 257 Å². The molecule has 5 nitrogen and oxygen atoms in total. The summed E-state index contributed by atoms with van der Waals surface area (Å²) in [5, 5.41) is 11.5. The van der Waals surface area contributed by atoms with E-state index in [4.69, 9.17) is 9.47 Å². The van der Waals surface area contributed by atoms with Gasteiger partial charge in [-0.3, -0.25) is 9.59 Å². The van der Waals surface area contributed by atoms with E-state index < -0.39 is 10.8 Å². The third-order valence-corrected chi connectivity index (χ3v) is 12.1. The smallest absolute Gasteiger partial charge is 0.311 e. The summed E-state index contributed by atoms with van der Waals surface area (Å²) in [4.78, 5) is 24.7. The molecule has 0 unspecified atom stereocenters. The quantitative estimate of drug-likeness (QED) is 0.228. The van der Waals surface area contributed by atoms with Crippen LogP contribution in [0.25, 0.3) is 0 Å². The maximum atomic E-state index is 12.6. The predicted octanol–water partition coefficient (Wildman–Crippen LogP) is 8.53. The molecule has 4 aliphatic rings. The van der Waals surface area contributed by atoms with Crippen molar-refractivity contribution in [1.29, 1.82) is 0 Å². The molecule has 5 heteroatoms. The molecule has 3 saturated carbocycles. The standard InChI is InChI=1S/C37H62O5/c1-23(22-41-32(39)34(3,4)5)12-11-13-24(2)31-30(38)21-29-27-15-14-25-20-26(42-33(40)35(6,7)8)16-18-36(25,9)28(27)17-19-37(29,31)10/h14,23-24,26-31,38H,11-13,15-22H2,1-10H3/t23-,24+,26+,27-,28+,29+,30+,31+,36+,37+/m1/s1. The van der Waals surface area contributed by atoms with E-state index in [0.717, 1.165) is 51.4 Å². The van der Waals surface area contributed by atoms with Crippen molar-refractivity contribution in [3.8, 4) is 0 Å². The zero-order valence-corrected chi connectivity index (χ0v) is 28.6. The van der Waals surface area contributed by atoms with E-state index in [1.54, 1.807) is 0 Å². The van der Waals surface area contributed by atoms with E-state index in [9.17, 15) is 14.7 Å². The summed E-state index contributed by atoms with van der Waals surface area (Å²) in [7, 11) is 0. The highest BCUT2D eigenvalue weighted by Gasteiger charge is 2.61. The number of hydrogen-bond donors (Lipinski definition) is 1. The maximum absolute atomic E-state index is 12.6. The first-order chi connectivity index (χ1) is 19.4. The molecule has 0 saturated heterocycles. The largest absolute Gasteiger partial charge is 0.465 e. The highest BCUT2D eigenvalue weighted by Crippen LogP contribution is 2.67. The number of ether oxygens (including phenoxy) is 2. The van der Waals surface area contributed by atoms with Gasteiger partial charge in [-0.1, -0.05) is 52.2 Å². The molecule has 4 rings (SSSR count). The molecule has 0 bridgehead atoms. The van der Waals surface area contributed by atoms with Crippen molar-refractivity contribution in [3.05, 3.63) is 11.6 Å². The Morgan fingerprint density at radius 1 is 0.976 bits per heavy atom. The Hall–Kier alpha value is -1.36. The zero-order chi connectivity index (χ0) is 31.3. The Bertz CT molecular complexity index is 1020. The molecule has 0 radical (unpaired) electrons. The van der Waals surface area contributed by atoms with E-state index in [0.29, 0.717) is 42.1 Å². The second-order valence-electron chi connectivity index (χ2n) is 17.5. The van der Waals surface area contributed by atoms with Gasteiger partial charge >= 0.3 is 11.9 Å². The van der Waals surface area contributed by atoms with Gasteiger partial charge in [0.05, 0.1) is 23.5 Å². The second-order valence-corrected chi connectivity index (χ2v) is 17.5. The van der Waals surface area contributed by atoms with E-state index in [1.807, 2.05) is 41.5 Å². The van der Waals surface area contributed by atoms with Crippen molar-refractivity contribution in [1.82, 2.24) is 0 Å². The average Bonchev–Trinajstić information content (AvgIpc) is 3.16. The minimum absolute atomic E-state index is 0.00764. The molecular formula is C37H62O5. The SMILES string of the molecule is C[C@H](CCC[C@H](C)[C@H]1[C@@H](O)C[C@H]2[C@@H]3CC=C4C[C@@H](OC(=O)C(C)(C)C)CC[C@]4(C)[C@H]3CC[C@]12C)COC(=O)C(C)(C)C. The molecule has 240 valence electrons. The summed E-state index contributed by atoms with van der Waals surface area (Å²) >= 11 is 0. The number of fused-ring (bicyclic) bond motifs is 5. The summed E-state index contributed by atoms with van der Waals surface area (Å²) in [5.74, 6) is 2.84. The van der Waals surface area contributed by atoms with E-state index in [1.165, 1.54) is 18.4 Å². The number of allylic oxidation sites excluding steroid dienone is 1. The van der Waals surface area contributed by atoms with Crippen LogP contribution in [0.5, 0.6) is 0 Å². The van der Waals surface area contributed by atoms with Crippen LogP contribution in [0, 0.1) is 57.2 Å². The van der Waals surface area contributed by atoms with Crippen LogP contribution in [0.4, 0.5) is 0 Å². The molecule has 1 N–H and O–H groups in total. The number of esters is 2. The third kappa shape index (κ3) is 6.66. The fourth-order valence-corrected chi connectivity index (χ4v) is 9.62. The van der Waals surface area contributed by atoms with Gasteiger partial charge in [0.25, 0.3) is 0 Å². The fourth-order valence-electron chi connectivity index (χ4n) is 9.62. The minimum atomic E-state index is -0.462. The Morgan fingerprint density at radius 2 is 1.64 bits per heavy atom. The molecule has 0 aromatic heterocycles. The average molecular weight is 587 g/mol. The number of hydrogen-bond acceptors (Lipinski definition) is 5. The fraction of sp³-hybridized carbons (Fsp3) is 0.892. The van der Waals surface area contributed by atoms with Crippen LogP contribution in [-0.4, -0.2) is 35.9 Å². The molecular weight excluding hydrogens is 524 g/mol. The molecule has 0 aromatic rings. The number of rotatable bonds is 8. The lowest BCUT2D eigenvalue weighted by atomic mass is 9.47. The van der Waals surface area contributed by atoms with Gasteiger partial charge in [-0.25, -0.2) is 0 Å². The van der Waals surface area contributed by atoms with Crippen LogP contribution in [-0.2, 0) is 19.1 Å². The molecule has 3 fully saturated rings. The maximum Gasteiger partial charge on any atom is 0.311 e. The van der Waals surface area contributed by atoms with Crippen LogP contribution in [0.15, 0.2) is 11.6 Å². The van der Waals surface area contributed by atoms with Gasteiger partial charge in [0.15, 0.2) is 0 Å². The molecule has 4 aliphatic carbocycles. The van der Waals surface area contributed by atoms with Gasteiger partial charge in [0.1, 0.15) is 6.10 Å². The number of carbonyl (C=O) groups is 2. The summed E-state index contributed by atoms with van der Waals surface area (Å²) < 4.78 is 11.5. The first-order valence-corrected chi connectivity index (χ1v) is 17.1. The van der Waals surface area contributed by atoms with Gasteiger partial charge in [0, 0.05) is 6.42 Å². The van der Waals surface area contributed by atoms with Gasteiger partial charge in [-0.2, -0.15) is 0 Å². The van der Waals surface area contributed by atoms with Crippen molar-refractivity contribution < 1.29 is 24.2 Å². The Morgan fingerprint density at radius 3 is 2.29 bits per heavy atom. The van der Waals surface area contributed by atoms with E-state index >= 15 is 0 Å². The first kappa shape index (κ1) is 33.5. The van der Waals surface area contributed by atoms with Crippen LogP contribution < -0.4 is 0 Å². The van der Waals surface area contributed by atoms with Crippen molar-refractivity contribution >= 4 is 11.9 Å². The van der Waals surface area contributed by atoms with Crippen molar-refractivity contribution in [3.63, 3.8) is 0 Å². The molecule has 0 heterocycles. The normalized spacial score (nSPS) is 37.9. The number of carbonyl (C=O) groups excluding carboxylic acids is 2. The molecule has 0 aliphatic heterocycles. The van der Waals surface area contributed by atoms with Crippen LogP contribution >= 0.6 is 0 Å². The summed E-state index contributed by atoms with van der Waals surface area (Å²) in [6.45, 7) is 21.5. The van der Waals surface area contributed by atoms with Crippen LogP contribution in [0.1, 0.15) is 133 Å². The predicted molar refractivity (Wildman–Crippen MR) is 169 cm³/mol. The molecule has 10 atom stereocenters. The topological polar surface area (TPSA) is 72.8 Å². The minimum Gasteiger partial charge on any atom is -0.465 e. The van der Waals surface area contributed by atoms with Gasteiger partial charge in [0.2, 0.25) is 0 Å². The molecule has 0 spiro atoms. The van der Waals surface area contributed by atoms with Gasteiger partial charge < -0.3 is 14.6 Å². The van der Waals surface area contributed by atoms with Crippen LogP contribution in [0.2, 0.25) is 0 Å². The number of aliphatic hydroxyl groups excluding tert-OH is 1. The van der Waals surface area contributed by atoms with Crippen molar-refractivity contribution in [2.75, 3.05) is 6.61 Å². The summed E-state index contributed by atoms with van der Waals surface area (Å²) in [6.07, 6.45) is 13.0. The van der Waals surface area contributed by atoms with Gasteiger partial charge in [-0.15, -0.1) is 0 Å². The first-order valence-electron chi connectivity index (χ1n) is 17.1. The number of aliphatic hydroxyl groups is 1. The molecule has 0 amide bonds. The van der Waals surface area contributed by atoms with Gasteiger partial charge in [-0.05, 0) is 133 Å². The lowest BCUT2D eigenvalue weighted by molar-refractivity contribution is -0.161. The van der Waals surface area contributed by atoms with Crippen LogP contribution in [0.3, 0.4) is 0 Å². The second kappa shape index (κ2) is 12.2. The van der Waals surface area contributed by atoms with E-state index in [-0.39, 0.29) is 35.0 Å². The third-order valence-electron chi connectivity index (χ3n) is 12.1. The molecule has 0 aromatic carbocycles. The van der Waals surface area contributed by atoms with E-state index in [2.05, 4.69) is 33.8 Å². The van der Waals surface area contributed by atoms with Crippen molar-refractivity contribution in [2.24, 2.45) is 57.2 Å². The summed E-state index contributed by atoms with van der Waals surface area (Å²) in [6, 6.07) is 0. The van der Waals surface area contributed by atoms with Crippen molar-refractivity contribution in [2.45, 2.75) is 146 Å². The molecule has 42 heavy (non-hydrogen) atoms. The lowest BCUT2D eigenvalue weighted by Gasteiger charge is -2.58. The Kier molecular flexibility index (Phi) is 9.74. The highest BCUT2D eigenvalue weighted by atomic mass is 16.5.